The van der Waals surface area contributed by atoms with Gasteiger partial charge in [0.1, 0.15) is 5.75 Å². The van der Waals surface area contributed by atoms with Gasteiger partial charge < -0.3 is 5.11 Å². The van der Waals surface area contributed by atoms with Crippen molar-refractivity contribution in [3.05, 3.63) is 33.8 Å². The van der Waals surface area contributed by atoms with Crippen molar-refractivity contribution in [3.8, 4) is 0 Å². The molecule has 15 heavy (non-hydrogen) atoms. The van der Waals surface area contributed by atoms with Crippen LogP contribution in [0, 0.1) is 0 Å². The summed E-state index contributed by atoms with van der Waals surface area (Å²) in [5, 5.41) is 9.25. The first-order chi connectivity index (χ1) is 7.00. The van der Waals surface area contributed by atoms with Gasteiger partial charge in [0.15, 0.2) is 0 Å². The fourth-order valence-electron chi connectivity index (χ4n) is 1.02. The van der Waals surface area contributed by atoms with Gasteiger partial charge in [-0.1, -0.05) is 29.3 Å². The molecule has 82 valence electrons. The lowest BCUT2D eigenvalue weighted by Crippen LogP contribution is -2.11. The molecule has 0 saturated heterocycles. The van der Waals surface area contributed by atoms with Crippen LogP contribution in [0.25, 0.3) is 0 Å². The Kier molecular flexibility index (Phi) is 4.57. The Bertz CT molecular complexity index is 386. The van der Waals surface area contributed by atoms with Crippen molar-refractivity contribution in [3.63, 3.8) is 0 Å². The number of hydrogen-bond donors (Lipinski definition) is 1. The fourth-order valence-corrected chi connectivity index (χ4v) is 2.72. The zero-order valence-corrected chi connectivity index (χ0v) is 9.90. The predicted octanol–water partition coefficient (Wildman–Crippen LogP) is 2.33. The molecule has 1 aromatic carbocycles. The second-order valence-electron chi connectivity index (χ2n) is 2.82. The Morgan fingerprint density at radius 1 is 1.33 bits per heavy atom. The Morgan fingerprint density at radius 3 is 2.33 bits per heavy atom. The Labute approximate surface area is 99.5 Å². The van der Waals surface area contributed by atoms with Crippen LogP contribution >= 0.6 is 23.2 Å². The van der Waals surface area contributed by atoms with Crippen molar-refractivity contribution in [2.45, 2.75) is 5.75 Å². The van der Waals surface area contributed by atoms with E-state index in [0.717, 1.165) is 0 Å². The molecule has 0 bridgehead atoms. The maximum Gasteiger partial charge on any atom is 0.316 e. The maximum absolute atomic E-state index is 11.3. The van der Waals surface area contributed by atoms with Gasteiger partial charge >= 0.3 is 5.97 Å². The van der Waals surface area contributed by atoms with E-state index >= 15 is 0 Å². The van der Waals surface area contributed by atoms with Gasteiger partial charge in [0.25, 0.3) is 0 Å². The number of rotatable bonds is 4. The first-order valence-electron chi connectivity index (χ1n) is 4.00. The topological polar surface area (TPSA) is 54.4 Å². The molecular formula is C9H8Cl2O3S. The van der Waals surface area contributed by atoms with Crippen LogP contribution < -0.4 is 0 Å². The summed E-state index contributed by atoms with van der Waals surface area (Å²) in [5.74, 6) is -1.44. The van der Waals surface area contributed by atoms with Crippen LogP contribution in [0.15, 0.2) is 18.2 Å². The minimum Gasteiger partial charge on any atom is -0.481 e. The van der Waals surface area contributed by atoms with E-state index in [-0.39, 0.29) is 5.75 Å². The summed E-state index contributed by atoms with van der Waals surface area (Å²) in [5.41, 5.74) is 0.528. The summed E-state index contributed by atoms with van der Waals surface area (Å²) >= 11 is 11.7. The molecule has 6 heteroatoms. The number of hydrogen-bond acceptors (Lipinski definition) is 2. The quantitative estimate of drug-likeness (QED) is 0.910. The summed E-state index contributed by atoms with van der Waals surface area (Å²) in [6.45, 7) is 0. The summed E-state index contributed by atoms with van der Waals surface area (Å²) < 4.78 is 11.3. The van der Waals surface area contributed by atoms with E-state index in [0.29, 0.717) is 15.6 Å². The molecule has 1 unspecified atom stereocenters. The number of halogens is 2. The zero-order chi connectivity index (χ0) is 11.4. The van der Waals surface area contributed by atoms with Gasteiger partial charge in [0, 0.05) is 26.4 Å². The van der Waals surface area contributed by atoms with E-state index in [9.17, 15) is 9.00 Å². The summed E-state index contributed by atoms with van der Waals surface area (Å²) in [6, 6.07) is 4.93. The second kappa shape index (κ2) is 5.49. The lowest BCUT2D eigenvalue weighted by molar-refractivity contribution is -0.133. The highest BCUT2D eigenvalue weighted by Gasteiger charge is 2.11. The molecule has 0 radical (unpaired) electrons. The monoisotopic (exact) mass is 266 g/mol. The Morgan fingerprint density at radius 2 is 1.87 bits per heavy atom. The third kappa shape index (κ3) is 3.81. The first kappa shape index (κ1) is 12.5. The fraction of sp³-hybridized carbons (Fsp3) is 0.222. The van der Waals surface area contributed by atoms with Crippen LogP contribution in [0.2, 0.25) is 10.0 Å². The molecule has 0 aliphatic heterocycles. The van der Waals surface area contributed by atoms with Gasteiger partial charge in [-0.2, -0.15) is 0 Å². The van der Waals surface area contributed by atoms with Crippen LogP contribution in [0.3, 0.4) is 0 Å². The zero-order valence-electron chi connectivity index (χ0n) is 7.57. The van der Waals surface area contributed by atoms with Crippen molar-refractivity contribution in [2.24, 2.45) is 0 Å². The van der Waals surface area contributed by atoms with E-state index in [1.807, 2.05) is 0 Å². The molecule has 1 N–H and O–H groups in total. The van der Waals surface area contributed by atoms with E-state index in [4.69, 9.17) is 28.3 Å². The highest BCUT2D eigenvalue weighted by atomic mass is 35.5. The third-order valence-electron chi connectivity index (χ3n) is 1.65. The highest BCUT2D eigenvalue weighted by Crippen LogP contribution is 2.25. The van der Waals surface area contributed by atoms with Crippen LogP contribution in [0.1, 0.15) is 5.56 Å². The largest absolute Gasteiger partial charge is 0.481 e. The van der Waals surface area contributed by atoms with Gasteiger partial charge in [-0.05, 0) is 12.1 Å². The smallest absolute Gasteiger partial charge is 0.316 e. The molecule has 0 fully saturated rings. The molecule has 0 aliphatic rings. The molecule has 3 nitrogen and oxygen atoms in total. The molecule has 0 spiro atoms. The second-order valence-corrected chi connectivity index (χ2v) is 5.09. The maximum atomic E-state index is 11.3. The third-order valence-corrected chi connectivity index (χ3v) is 3.54. The predicted molar refractivity (Wildman–Crippen MR) is 60.8 cm³/mol. The Balaban J connectivity index is 2.80. The van der Waals surface area contributed by atoms with Crippen molar-refractivity contribution in [2.75, 3.05) is 5.75 Å². The number of carboxylic acids is 1. The molecule has 0 aliphatic carbocycles. The summed E-state index contributed by atoms with van der Waals surface area (Å²) in [4.78, 5) is 10.3. The lowest BCUT2D eigenvalue weighted by atomic mass is 10.2. The van der Waals surface area contributed by atoms with E-state index in [1.54, 1.807) is 18.2 Å². The molecule has 0 aromatic heterocycles. The standard InChI is InChI=1S/C9H8Cl2O3S/c10-7-2-1-3-8(11)6(7)4-15(14)5-9(12)13/h1-3H,4-5H2,(H,12,13). The van der Waals surface area contributed by atoms with Crippen LogP contribution in [-0.4, -0.2) is 21.0 Å². The van der Waals surface area contributed by atoms with Gasteiger partial charge in [-0.15, -0.1) is 0 Å². The minimum atomic E-state index is -1.49. The molecule has 0 saturated carbocycles. The molecule has 1 aromatic rings. The molecule has 0 heterocycles. The van der Waals surface area contributed by atoms with Crippen LogP contribution in [0.4, 0.5) is 0 Å². The normalized spacial score (nSPS) is 12.4. The molecular weight excluding hydrogens is 259 g/mol. The van der Waals surface area contributed by atoms with Gasteiger partial charge in [-0.3, -0.25) is 9.00 Å². The van der Waals surface area contributed by atoms with Gasteiger partial charge in [0.05, 0.1) is 5.75 Å². The average Bonchev–Trinajstić information content (AvgIpc) is 2.10. The van der Waals surface area contributed by atoms with E-state index in [1.165, 1.54) is 0 Å². The van der Waals surface area contributed by atoms with Crippen molar-refractivity contribution < 1.29 is 14.1 Å². The van der Waals surface area contributed by atoms with Gasteiger partial charge in [-0.25, -0.2) is 0 Å². The first-order valence-corrected chi connectivity index (χ1v) is 6.24. The minimum absolute atomic E-state index is 0.0603. The van der Waals surface area contributed by atoms with Crippen LogP contribution in [-0.2, 0) is 21.3 Å². The van der Waals surface area contributed by atoms with Crippen molar-refractivity contribution in [1.82, 2.24) is 0 Å². The lowest BCUT2D eigenvalue weighted by Gasteiger charge is -2.05. The summed E-state index contributed by atoms with van der Waals surface area (Å²) in [6.07, 6.45) is 0. The Hall–Kier alpha value is -0.580. The van der Waals surface area contributed by atoms with E-state index in [2.05, 4.69) is 0 Å². The van der Waals surface area contributed by atoms with Crippen molar-refractivity contribution >= 4 is 40.0 Å². The summed E-state index contributed by atoms with van der Waals surface area (Å²) in [7, 11) is -1.49. The van der Waals surface area contributed by atoms with E-state index < -0.39 is 22.5 Å². The van der Waals surface area contributed by atoms with Crippen molar-refractivity contribution in [1.29, 1.82) is 0 Å². The van der Waals surface area contributed by atoms with Crippen LogP contribution in [0.5, 0.6) is 0 Å². The molecule has 1 rings (SSSR count). The average molecular weight is 267 g/mol. The number of benzene rings is 1. The number of carboxylic acid groups (broad SMARTS) is 1. The number of carbonyl (C=O) groups is 1. The molecule has 1 atom stereocenters. The number of aliphatic carboxylic acids is 1. The molecule has 0 amide bonds. The highest BCUT2D eigenvalue weighted by molar-refractivity contribution is 7.84. The van der Waals surface area contributed by atoms with Gasteiger partial charge in [0.2, 0.25) is 0 Å². The SMILES string of the molecule is O=C(O)CS(=O)Cc1c(Cl)cccc1Cl.